The summed E-state index contributed by atoms with van der Waals surface area (Å²) in [6.07, 6.45) is 17.5. The van der Waals surface area contributed by atoms with Gasteiger partial charge in [0.1, 0.15) is 5.78 Å². The fraction of sp³-hybridized carbons (Fsp3) is 0.741. The summed E-state index contributed by atoms with van der Waals surface area (Å²) < 4.78 is 32.9. The van der Waals surface area contributed by atoms with Gasteiger partial charge in [0.15, 0.2) is 0 Å². The van der Waals surface area contributed by atoms with Crippen molar-refractivity contribution in [1.29, 1.82) is 0 Å². The molecule has 0 aromatic heterocycles. The number of carbonyl (C=O) groups excluding carboxylic acids is 1. The van der Waals surface area contributed by atoms with Crippen LogP contribution in [0.5, 0.6) is 0 Å². The molecule has 1 unspecified atom stereocenters. The summed E-state index contributed by atoms with van der Waals surface area (Å²) in [5.74, 6) is 0.553. The van der Waals surface area contributed by atoms with Crippen molar-refractivity contribution in [1.82, 2.24) is 0 Å². The number of carbonyl (C=O) groups is 1. The molecule has 0 radical (unpaired) electrons. The summed E-state index contributed by atoms with van der Waals surface area (Å²) in [6, 6.07) is 5.01. The number of unbranched alkanes of at least 4 members (excludes halogenated alkanes) is 10. The Morgan fingerprint density at radius 1 is 0.875 bits per heavy atom. The zero-order chi connectivity index (χ0) is 23.8. The fourth-order valence-electron chi connectivity index (χ4n) is 4.36. The molecule has 0 aliphatic carbocycles. The van der Waals surface area contributed by atoms with Crippen LogP contribution in [0.1, 0.15) is 121 Å². The monoisotopic (exact) mass is 466 g/mol. The minimum Gasteiger partial charge on any atom is -0.300 e. The van der Waals surface area contributed by atoms with Crippen molar-refractivity contribution in [3.05, 3.63) is 29.3 Å². The smallest absolute Gasteiger partial charge is 0.294 e. The van der Waals surface area contributed by atoms with Crippen molar-refractivity contribution in [2.45, 2.75) is 128 Å². The maximum atomic E-state index is 12.3. The second kappa shape index (κ2) is 16.4. The van der Waals surface area contributed by atoms with Crippen LogP contribution < -0.4 is 0 Å². The molecule has 1 N–H and O–H groups in total. The molecular formula is C27H46O4S. The van der Waals surface area contributed by atoms with Gasteiger partial charge in [-0.15, -0.1) is 0 Å². The summed E-state index contributed by atoms with van der Waals surface area (Å²) in [5, 5.41) is 0. The third kappa shape index (κ3) is 12.7. The zero-order valence-electron chi connectivity index (χ0n) is 20.7. The van der Waals surface area contributed by atoms with Gasteiger partial charge in [-0.2, -0.15) is 8.42 Å². The van der Waals surface area contributed by atoms with Crippen molar-refractivity contribution in [2.24, 2.45) is 5.92 Å². The quantitative estimate of drug-likeness (QED) is 0.166. The predicted octanol–water partition coefficient (Wildman–Crippen LogP) is 7.86. The largest absolute Gasteiger partial charge is 0.300 e. The summed E-state index contributed by atoms with van der Waals surface area (Å²) in [4.78, 5) is 12.3. The van der Waals surface area contributed by atoms with Crippen molar-refractivity contribution in [3.63, 3.8) is 0 Å². The van der Waals surface area contributed by atoms with Crippen molar-refractivity contribution >= 4 is 15.9 Å². The second-order valence-corrected chi connectivity index (χ2v) is 10.8. The Morgan fingerprint density at radius 2 is 1.44 bits per heavy atom. The number of Topliss-reactive ketones (excluding diaryl/α,β-unsaturated/α-hetero) is 1. The molecule has 0 saturated heterocycles. The lowest BCUT2D eigenvalue weighted by Gasteiger charge is -2.17. The molecule has 0 saturated carbocycles. The van der Waals surface area contributed by atoms with E-state index in [2.05, 4.69) is 13.8 Å². The van der Waals surface area contributed by atoms with Gasteiger partial charge < -0.3 is 0 Å². The highest BCUT2D eigenvalue weighted by molar-refractivity contribution is 7.85. The summed E-state index contributed by atoms with van der Waals surface area (Å²) in [6.45, 7) is 6.23. The van der Waals surface area contributed by atoms with E-state index in [1.165, 1.54) is 63.9 Å². The van der Waals surface area contributed by atoms with Crippen molar-refractivity contribution in [3.8, 4) is 0 Å². The van der Waals surface area contributed by atoms with Gasteiger partial charge in [0, 0.05) is 12.8 Å². The van der Waals surface area contributed by atoms with E-state index in [0.717, 1.165) is 31.2 Å². The maximum Gasteiger partial charge on any atom is 0.294 e. The van der Waals surface area contributed by atoms with Crippen molar-refractivity contribution < 1.29 is 17.8 Å². The molecule has 0 aliphatic heterocycles. The van der Waals surface area contributed by atoms with Gasteiger partial charge in [0.05, 0.1) is 4.90 Å². The molecule has 0 fully saturated rings. The van der Waals surface area contributed by atoms with Gasteiger partial charge in [-0.05, 0) is 43.7 Å². The second-order valence-electron chi connectivity index (χ2n) is 9.43. The molecule has 184 valence electrons. The normalized spacial score (nSPS) is 12.8. The molecule has 0 spiro atoms. The van der Waals surface area contributed by atoms with Crippen LogP contribution in [0, 0.1) is 12.8 Å². The number of hydrogen-bond donors (Lipinski definition) is 1. The Morgan fingerprint density at radius 3 is 1.97 bits per heavy atom. The summed E-state index contributed by atoms with van der Waals surface area (Å²) >= 11 is 0. The molecule has 0 aliphatic rings. The Kier molecular flexibility index (Phi) is 14.8. The minimum absolute atomic E-state index is 0.00571. The first-order valence-corrected chi connectivity index (χ1v) is 14.3. The Hall–Kier alpha value is -1.20. The van der Waals surface area contributed by atoms with E-state index in [1.54, 1.807) is 6.07 Å². The first kappa shape index (κ1) is 28.8. The predicted molar refractivity (Wildman–Crippen MR) is 134 cm³/mol. The molecule has 0 amide bonds. The first-order chi connectivity index (χ1) is 15.3. The Balaban J connectivity index is 2.25. The van der Waals surface area contributed by atoms with Gasteiger partial charge in [-0.1, -0.05) is 102 Å². The molecule has 1 aromatic carbocycles. The van der Waals surface area contributed by atoms with Gasteiger partial charge in [0.2, 0.25) is 0 Å². The first-order valence-electron chi connectivity index (χ1n) is 12.9. The van der Waals surface area contributed by atoms with Crippen LogP contribution in [0.2, 0.25) is 0 Å². The molecule has 5 heteroatoms. The third-order valence-corrected chi connectivity index (χ3v) is 7.42. The van der Waals surface area contributed by atoms with E-state index in [-0.39, 0.29) is 10.8 Å². The lowest BCUT2D eigenvalue weighted by molar-refractivity contribution is -0.119. The van der Waals surface area contributed by atoms with Crippen LogP contribution in [0.25, 0.3) is 0 Å². The van der Waals surface area contributed by atoms with E-state index < -0.39 is 10.1 Å². The Bertz CT molecular complexity index is 755. The van der Waals surface area contributed by atoms with Crippen LogP contribution in [0.4, 0.5) is 0 Å². The number of ketones is 1. The highest BCUT2D eigenvalue weighted by Crippen LogP contribution is 2.25. The van der Waals surface area contributed by atoms with E-state index in [4.69, 9.17) is 0 Å². The topological polar surface area (TPSA) is 71.4 Å². The van der Waals surface area contributed by atoms with Gasteiger partial charge in [0.25, 0.3) is 10.1 Å². The van der Waals surface area contributed by atoms with Crippen LogP contribution in [0.15, 0.2) is 23.1 Å². The maximum absolute atomic E-state index is 12.3. The van der Waals surface area contributed by atoms with Gasteiger partial charge in [-0.3, -0.25) is 9.35 Å². The van der Waals surface area contributed by atoms with Crippen LogP contribution in [0.3, 0.4) is 0 Å². The van der Waals surface area contributed by atoms with E-state index in [0.29, 0.717) is 30.6 Å². The third-order valence-electron chi connectivity index (χ3n) is 6.47. The van der Waals surface area contributed by atoms with E-state index in [9.17, 15) is 17.8 Å². The van der Waals surface area contributed by atoms with E-state index in [1.807, 2.05) is 13.0 Å². The average molecular weight is 467 g/mol. The molecule has 0 bridgehead atoms. The number of rotatable bonds is 19. The molecule has 0 heterocycles. The Labute approximate surface area is 197 Å². The standard InChI is InChI=1S/C27H46O4S/c1-4-6-7-8-9-10-11-12-13-14-15-16-26(28)19-18-24(5-2)22-25-21-23(3)17-20-27(25)32(29,30)31/h17,20-21,24H,4-16,18-19,22H2,1-3H3,(H,29,30,31). The highest BCUT2D eigenvalue weighted by Gasteiger charge is 2.19. The van der Waals surface area contributed by atoms with Crippen LogP contribution >= 0.6 is 0 Å². The average Bonchev–Trinajstić information content (AvgIpc) is 2.74. The van der Waals surface area contributed by atoms with E-state index >= 15 is 0 Å². The molecular weight excluding hydrogens is 420 g/mol. The lowest BCUT2D eigenvalue weighted by atomic mass is 9.90. The zero-order valence-corrected chi connectivity index (χ0v) is 21.5. The molecule has 1 atom stereocenters. The molecule has 1 rings (SSSR count). The van der Waals surface area contributed by atoms with Gasteiger partial charge in [-0.25, -0.2) is 0 Å². The summed E-state index contributed by atoms with van der Waals surface area (Å²) in [7, 11) is -4.23. The fourth-order valence-corrected chi connectivity index (χ4v) is 5.07. The minimum atomic E-state index is -4.23. The molecule has 32 heavy (non-hydrogen) atoms. The lowest BCUT2D eigenvalue weighted by Crippen LogP contribution is -2.11. The number of benzene rings is 1. The van der Waals surface area contributed by atoms with Crippen LogP contribution in [-0.2, 0) is 21.3 Å². The molecule has 1 aromatic rings. The number of hydrogen-bond acceptors (Lipinski definition) is 3. The highest BCUT2D eigenvalue weighted by atomic mass is 32.2. The van der Waals surface area contributed by atoms with Gasteiger partial charge >= 0.3 is 0 Å². The molecule has 4 nitrogen and oxygen atoms in total. The van der Waals surface area contributed by atoms with Crippen LogP contribution in [-0.4, -0.2) is 18.8 Å². The van der Waals surface area contributed by atoms with Crippen molar-refractivity contribution in [2.75, 3.05) is 0 Å². The number of aryl methyl sites for hydroxylation is 1. The summed E-state index contributed by atoms with van der Waals surface area (Å²) in [5.41, 5.74) is 1.62. The SMILES string of the molecule is CCCCCCCCCCCCCC(=O)CCC(CC)Cc1cc(C)ccc1S(=O)(=O)O.